The molecule has 8 heteroatoms. The summed E-state index contributed by atoms with van der Waals surface area (Å²) < 4.78 is 1.94. The lowest BCUT2D eigenvalue weighted by molar-refractivity contribution is -0.122. The van der Waals surface area contributed by atoms with Crippen LogP contribution in [0.25, 0.3) is 11.4 Å². The normalized spacial score (nSPS) is 15.1. The second-order valence-electron chi connectivity index (χ2n) is 7.53. The molecule has 1 aliphatic heterocycles. The van der Waals surface area contributed by atoms with Gasteiger partial charge in [0.1, 0.15) is 0 Å². The standard InChI is InChI=1S/C22H24N4O2.CH2O2/c1-15(2)19-21-23-20(17-6-4-3-5-7-17)24-26(21)13-12-25(19)22(28)18-10-8-16(14-27)9-11-18;2-1-3/h3-11,15,19,27H,12-14H2,1-2H3;1H,(H,2,3)/t19-;/m0./s1. The predicted octanol–water partition coefficient (Wildman–Crippen LogP) is 2.99. The summed E-state index contributed by atoms with van der Waals surface area (Å²) in [6.45, 7) is 5.14. The van der Waals surface area contributed by atoms with Crippen molar-refractivity contribution >= 4 is 12.4 Å². The van der Waals surface area contributed by atoms with Crippen LogP contribution in [0.5, 0.6) is 0 Å². The van der Waals surface area contributed by atoms with Crippen molar-refractivity contribution in [3.8, 4) is 11.4 Å². The average molecular weight is 422 g/mol. The van der Waals surface area contributed by atoms with Crippen LogP contribution in [0.4, 0.5) is 0 Å². The summed E-state index contributed by atoms with van der Waals surface area (Å²) >= 11 is 0. The molecular weight excluding hydrogens is 396 g/mol. The second kappa shape index (κ2) is 9.99. The smallest absolute Gasteiger partial charge is 0.290 e. The van der Waals surface area contributed by atoms with Gasteiger partial charge in [0, 0.05) is 17.7 Å². The molecule has 1 aromatic heterocycles. The molecular formula is C23H26N4O4. The topological polar surface area (TPSA) is 109 Å². The van der Waals surface area contributed by atoms with E-state index in [4.69, 9.17) is 14.9 Å². The molecule has 0 fully saturated rings. The zero-order valence-electron chi connectivity index (χ0n) is 17.5. The van der Waals surface area contributed by atoms with Gasteiger partial charge in [-0.15, -0.1) is 0 Å². The van der Waals surface area contributed by atoms with Crippen molar-refractivity contribution in [2.24, 2.45) is 5.92 Å². The maximum atomic E-state index is 13.2. The summed E-state index contributed by atoms with van der Waals surface area (Å²) in [6, 6.07) is 16.9. The molecule has 0 bridgehead atoms. The number of carbonyl (C=O) groups excluding carboxylic acids is 1. The lowest BCUT2D eigenvalue weighted by Gasteiger charge is -2.37. The first kappa shape index (κ1) is 22.2. The summed E-state index contributed by atoms with van der Waals surface area (Å²) in [6.07, 6.45) is 0. The van der Waals surface area contributed by atoms with E-state index in [9.17, 15) is 9.90 Å². The number of aromatic nitrogens is 3. The Hall–Kier alpha value is -3.52. The van der Waals surface area contributed by atoms with Crippen LogP contribution in [0.2, 0.25) is 0 Å². The van der Waals surface area contributed by atoms with Crippen LogP contribution in [0.15, 0.2) is 54.6 Å². The Balaban J connectivity index is 0.000000858. The zero-order valence-corrected chi connectivity index (χ0v) is 17.5. The van der Waals surface area contributed by atoms with E-state index in [2.05, 4.69) is 18.9 Å². The van der Waals surface area contributed by atoms with E-state index < -0.39 is 0 Å². The second-order valence-corrected chi connectivity index (χ2v) is 7.53. The van der Waals surface area contributed by atoms with Gasteiger partial charge < -0.3 is 15.1 Å². The quantitative estimate of drug-likeness (QED) is 0.626. The number of carbonyl (C=O) groups is 2. The van der Waals surface area contributed by atoms with Crippen LogP contribution >= 0.6 is 0 Å². The molecule has 2 aromatic carbocycles. The first-order valence-electron chi connectivity index (χ1n) is 10.1. The maximum absolute atomic E-state index is 13.2. The van der Waals surface area contributed by atoms with E-state index in [1.165, 1.54) is 0 Å². The van der Waals surface area contributed by atoms with E-state index in [0.717, 1.165) is 17.0 Å². The van der Waals surface area contributed by atoms with Gasteiger partial charge in [-0.25, -0.2) is 9.67 Å². The molecule has 1 aliphatic rings. The molecule has 1 atom stereocenters. The van der Waals surface area contributed by atoms with Gasteiger partial charge in [0.25, 0.3) is 12.4 Å². The molecule has 0 saturated heterocycles. The summed E-state index contributed by atoms with van der Waals surface area (Å²) in [7, 11) is 0. The van der Waals surface area contributed by atoms with Crippen molar-refractivity contribution in [2.45, 2.75) is 33.0 Å². The molecule has 2 heterocycles. The van der Waals surface area contributed by atoms with Gasteiger partial charge in [-0.3, -0.25) is 9.59 Å². The Kier molecular flexibility index (Phi) is 7.15. The fourth-order valence-corrected chi connectivity index (χ4v) is 3.73. The van der Waals surface area contributed by atoms with E-state index in [-0.39, 0.29) is 30.9 Å². The summed E-state index contributed by atoms with van der Waals surface area (Å²) in [5, 5.41) is 20.8. The predicted molar refractivity (Wildman–Crippen MR) is 115 cm³/mol. The van der Waals surface area contributed by atoms with E-state index in [1.54, 1.807) is 24.3 Å². The Morgan fingerprint density at radius 1 is 1.13 bits per heavy atom. The molecule has 0 unspecified atom stereocenters. The number of hydrogen-bond acceptors (Lipinski definition) is 5. The third kappa shape index (κ3) is 4.80. The highest BCUT2D eigenvalue weighted by Gasteiger charge is 2.36. The molecule has 0 aliphatic carbocycles. The highest BCUT2D eigenvalue weighted by atomic mass is 16.3. The third-order valence-corrected chi connectivity index (χ3v) is 5.16. The minimum atomic E-state index is -0.250. The van der Waals surface area contributed by atoms with Crippen LogP contribution in [-0.2, 0) is 17.9 Å². The van der Waals surface area contributed by atoms with Crippen molar-refractivity contribution in [3.63, 3.8) is 0 Å². The molecule has 162 valence electrons. The van der Waals surface area contributed by atoms with E-state index in [1.807, 2.05) is 39.9 Å². The lowest BCUT2D eigenvalue weighted by atomic mass is 9.98. The van der Waals surface area contributed by atoms with Crippen molar-refractivity contribution in [1.82, 2.24) is 19.7 Å². The number of aliphatic hydroxyl groups is 1. The fraction of sp³-hybridized carbons (Fsp3) is 0.304. The molecule has 2 N–H and O–H groups in total. The molecule has 4 rings (SSSR count). The van der Waals surface area contributed by atoms with E-state index >= 15 is 0 Å². The number of hydrogen-bond donors (Lipinski definition) is 2. The number of fused-ring (bicyclic) bond motifs is 1. The SMILES string of the molecule is CC(C)[C@H]1c2nc(-c3ccccc3)nn2CCN1C(=O)c1ccc(CO)cc1.O=CO. The minimum absolute atomic E-state index is 0.0151. The third-order valence-electron chi connectivity index (χ3n) is 5.16. The van der Waals surface area contributed by atoms with Gasteiger partial charge in [0.2, 0.25) is 0 Å². The van der Waals surface area contributed by atoms with Crippen LogP contribution in [0.3, 0.4) is 0 Å². The Labute approximate surface area is 180 Å². The van der Waals surface area contributed by atoms with Crippen LogP contribution in [-0.4, -0.2) is 48.8 Å². The molecule has 31 heavy (non-hydrogen) atoms. The van der Waals surface area contributed by atoms with Crippen LogP contribution in [0, 0.1) is 5.92 Å². The van der Waals surface area contributed by atoms with Crippen molar-refractivity contribution < 1.29 is 19.8 Å². The maximum Gasteiger partial charge on any atom is 0.290 e. The summed E-state index contributed by atoms with van der Waals surface area (Å²) in [4.78, 5) is 28.3. The van der Waals surface area contributed by atoms with Crippen LogP contribution < -0.4 is 0 Å². The average Bonchev–Trinajstić information content (AvgIpc) is 3.23. The van der Waals surface area contributed by atoms with Crippen LogP contribution in [0.1, 0.15) is 41.6 Å². The molecule has 0 radical (unpaired) electrons. The fourth-order valence-electron chi connectivity index (χ4n) is 3.73. The van der Waals surface area contributed by atoms with Crippen molar-refractivity contribution in [3.05, 3.63) is 71.5 Å². The van der Waals surface area contributed by atoms with Crippen molar-refractivity contribution in [2.75, 3.05) is 6.54 Å². The molecule has 1 amide bonds. The Morgan fingerprint density at radius 3 is 2.35 bits per heavy atom. The Morgan fingerprint density at radius 2 is 1.77 bits per heavy atom. The minimum Gasteiger partial charge on any atom is -0.483 e. The molecule has 3 aromatic rings. The molecule has 0 spiro atoms. The monoisotopic (exact) mass is 422 g/mol. The highest BCUT2D eigenvalue weighted by Crippen LogP contribution is 2.33. The highest BCUT2D eigenvalue weighted by molar-refractivity contribution is 5.94. The van der Waals surface area contributed by atoms with Gasteiger partial charge in [-0.2, -0.15) is 5.10 Å². The summed E-state index contributed by atoms with van der Waals surface area (Å²) in [5.41, 5.74) is 2.39. The first-order chi connectivity index (χ1) is 15.0. The van der Waals surface area contributed by atoms with E-state index in [0.29, 0.717) is 24.5 Å². The largest absolute Gasteiger partial charge is 0.483 e. The molecule has 0 saturated carbocycles. The number of aliphatic hydroxyl groups excluding tert-OH is 1. The summed E-state index contributed by atoms with van der Waals surface area (Å²) in [5.74, 6) is 1.72. The number of benzene rings is 2. The van der Waals surface area contributed by atoms with Gasteiger partial charge in [0.15, 0.2) is 11.6 Å². The Bertz CT molecular complexity index is 1020. The van der Waals surface area contributed by atoms with Gasteiger partial charge >= 0.3 is 0 Å². The number of nitrogens with zero attached hydrogens (tertiary/aromatic N) is 4. The van der Waals surface area contributed by atoms with Crippen molar-refractivity contribution in [1.29, 1.82) is 0 Å². The zero-order chi connectivity index (χ0) is 22.4. The van der Waals surface area contributed by atoms with Gasteiger partial charge in [0.05, 0.1) is 19.2 Å². The van der Waals surface area contributed by atoms with Gasteiger partial charge in [-0.1, -0.05) is 56.3 Å². The number of carboxylic acid groups (broad SMARTS) is 1. The van der Waals surface area contributed by atoms with Gasteiger partial charge in [-0.05, 0) is 23.6 Å². The molecule has 8 nitrogen and oxygen atoms in total. The lowest BCUT2D eigenvalue weighted by Crippen LogP contribution is -2.44. The number of amides is 1. The number of rotatable bonds is 4. The first-order valence-corrected chi connectivity index (χ1v) is 10.1.